The summed E-state index contributed by atoms with van der Waals surface area (Å²) < 4.78 is 0. The molecule has 0 saturated heterocycles. The first-order valence-corrected chi connectivity index (χ1v) is 5.31. The van der Waals surface area contributed by atoms with Crippen LogP contribution in [0.5, 0.6) is 0 Å². The van der Waals surface area contributed by atoms with Crippen LogP contribution in [-0.4, -0.2) is 44.8 Å². The smallest absolute Gasteiger partial charge is 0.338 e. The Morgan fingerprint density at radius 2 is 1.68 bits per heavy atom. The highest BCUT2D eigenvalue weighted by Gasteiger charge is 2.45. The molecule has 7 heteroatoms. The van der Waals surface area contributed by atoms with Crippen LogP contribution in [0.3, 0.4) is 0 Å². The normalized spacial score (nSPS) is 15.1. The van der Waals surface area contributed by atoms with Crippen LogP contribution < -0.4 is 5.32 Å². The SMILES string of the molecule is C[C@](O)(C(=O)O)[C@@H](NC(=O)c1ccccc1)C(=O)O. The molecule has 4 N–H and O–H groups in total. The summed E-state index contributed by atoms with van der Waals surface area (Å²) in [5.74, 6) is -4.17. The van der Waals surface area contributed by atoms with Crippen LogP contribution in [0.1, 0.15) is 17.3 Å². The van der Waals surface area contributed by atoms with Crippen molar-refractivity contribution in [1.29, 1.82) is 0 Å². The molecule has 0 heterocycles. The molecule has 1 amide bonds. The van der Waals surface area contributed by atoms with Gasteiger partial charge in [0.1, 0.15) is 0 Å². The number of hydrogen-bond acceptors (Lipinski definition) is 4. The first kappa shape index (κ1) is 14.7. The maximum absolute atomic E-state index is 11.8. The van der Waals surface area contributed by atoms with E-state index in [4.69, 9.17) is 10.2 Å². The van der Waals surface area contributed by atoms with Crippen molar-refractivity contribution in [1.82, 2.24) is 5.32 Å². The van der Waals surface area contributed by atoms with Gasteiger partial charge in [-0.05, 0) is 19.1 Å². The number of carbonyl (C=O) groups excluding carboxylic acids is 1. The molecule has 0 fully saturated rings. The third-order valence-electron chi connectivity index (χ3n) is 2.55. The minimum atomic E-state index is -2.61. The van der Waals surface area contributed by atoms with E-state index < -0.39 is 29.5 Å². The molecule has 1 rings (SSSR count). The Labute approximate surface area is 108 Å². The van der Waals surface area contributed by atoms with E-state index in [1.165, 1.54) is 12.1 Å². The third kappa shape index (κ3) is 3.29. The lowest BCUT2D eigenvalue weighted by molar-refractivity contribution is -0.166. The fourth-order valence-electron chi connectivity index (χ4n) is 1.37. The third-order valence-corrected chi connectivity index (χ3v) is 2.55. The second-order valence-corrected chi connectivity index (χ2v) is 4.06. The van der Waals surface area contributed by atoms with Gasteiger partial charge in [0, 0.05) is 5.56 Å². The Balaban J connectivity index is 2.96. The van der Waals surface area contributed by atoms with Gasteiger partial charge in [-0.3, -0.25) is 4.79 Å². The van der Waals surface area contributed by atoms with E-state index >= 15 is 0 Å². The quantitative estimate of drug-likeness (QED) is 0.581. The van der Waals surface area contributed by atoms with Gasteiger partial charge in [0.15, 0.2) is 11.6 Å². The van der Waals surface area contributed by atoms with E-state index in [0.717, 1.165) is 6.92 Å². The highest BCUT2D eigenvalue weighted by Crippen LogP contribution is 2.12. The zero-order valence-corrected chi connectivity index (χ0v) is 10.0. The van der Waals surface area contributed by atoms with Crippen molar-refractivity contribution in [2.24, 2.45) is 0 Å². The van der Waals surface area contributed by atoms with Gasteiger partial charge in [0.25, 0.3) is 5.91 Å². The summed E-state index contributed by atoms with van der Waals surface area (Å²) in [5, 5.41) is 29.3. The van der Waals surface area contributed by atoms with E-state index in [9.17, 15) is 19.5 Å². The van der Waals surface area contributed by atoms with Gasteiger partial charge in [0.2, 0.25) is 0 Å². The van der Waals surface area contributed by atoms with Crippen molar-refractivity contribution < 1.29 is 29.7 Å². The summed E-state index contributed by atoms with van der Waals surface area (Å²) in [7, 11) is 0. The molecule has 0 saturated carbocycles. The van der Waals surface area contributed by atoms with Crippen LogP contribution in [0.2, 0.25) is 0 Å². The van der Waals surface area contributed by atoms with Crippen molar-refractivity contribution in [3.05, 3.63) is 35.9 Å². The first-order chi connectivity index (χ1) is 8.76. The van der Waals surface area contributed by atoms with Crippen LogP contribution >= 0.6 is 0 Å². The Morgan fingerprint density at radius 3 is 2.11 bits per heavy atom. The van der Waals surface area contributed by atoms with Gasteiger partial charge in [-0.15, -0.1) is 0 Å². The number of carboxylic acids is 2. The maximum atomic E-state index is 11.8. The molecule has 0 aliphatic rings. The van der Waals surface area contributed by atoms with Crippen molar-refractivity contribution in [3.8, 4) is 0 Å². The molecule has 1 aromatic carbocycles. The molecule has 0 radical (unpaired) electrons. The summed E-state index contributed by atoms with van der Waals surface area (Å²) in [6.45, 7) is 0.805. The van der Waals surface area contributed by atoms with Crippen LogP contribution in [0.25, 0.3) is 0 Å². The summed E-state index contributed by atoms with van der Waals surface area (Å²) >= 11 is 0. The molecule has 0 bridgehead atoms. The number of benzene rings is 1. The Bertz CT molecular complexity index is 496. The lowest BCUT2D eigenvalue weighted by atomic mass is 9.96. The highest BCUT2D eigenvalue weighted by molar-refractivity contribution is 5.98. The molecule has 0 aliphatic heterocycles. The number of amides is 1. The predicted octanol–water partition coefficient (Wildman–Crippen LogP) is -0.295. The van der Waals surface area contributed by atoms with Crippen molar-refractivity contribution >= 4 is 17.8 Å². The van der Waals surface area contributed by atoms with Gasteiger partial charge >= 0.3 is 11.9 Å². The molecule has 7 nitrogen and oxygen atoms in total. The second kappa shape index (κ2) is 5.49. The second-order valence-electron chi connectivity index (χ2n) is 4.06. The molecular formula is C12H13NO6. The fraction of sp³-hybridized carbons (Fsp3) is 0.250. The number of carbonyl (C=O) groups is 3. The van der Waals surface area contributed by atoms with Gasteiger partial charge < -0.3 is 20.6 Å². The van der Waals surface area contributed by atoms with Gasteiger partial charge in [-0.25, -0.2) is 9.59 Å². The van der Waals surface area contributed by atoms with Gasteiger partial charge in [-0.2, -0.15) is 0 Å². The molecule has 2 atom stereocenters. The van der Waals surface area contributed by atoms with Crippen molar-refractivity contribution in [2.75, 3.05) is 0 Å². The summed E-state index contributed by atoms with van der Waals surface area (Å²) in [4.78, 5) is 33.5. The average Bonchev–Trinajstić information content (AvgIpc) is 2.35. The minimum Gasteiger partial charge on any atom is -0.480 e. The fourth-order valence-corrected chi connectivity index (χ4v) is 1.37. The zero-order valence-electron chi connectivity index (χ0n) is 10.0. The largest absolute Gasteiger partial charge is 0.480 e. The topological polar surface area (TPSA) is 124 Å². The minimum absolute atomic E-state index is 0.162. The Kier molecular flexibility index (Phi) is 4.23. The first-order valence-electron chi connectivity index (χ1n) is 5.31. The number of aliphatic carboxylic acids is 2. The number of carboxylic acid groups (broad SMARTS) is 2. The molecule has 0 unspecified atom stereocenters. The van der Waals surface area contributed by atoms with Gasteiger partial charge in [-0.1, -0.05) is 18.2 Å². The zero-order chi connectivity index (χ0) is 14.6. The van der Waals surface area contributed by atoms with E-state index in [1.807, 2.05) is 5.32 Å². The van der Waals surface area contributed by atoms with E-state index in [2.05, 4.69) is 0 Å². The molecule has 1 aromatic rings. The number of nitrogens with one attached hydrogen (secondary N) is 1. The van der Waals surface area contributed by atoms with Crippen LogP contribution in [0, 0.1) is 0 Å². The lowest BCUT2D eigenvalue weighted by Crippen LogP contribution is -2.59. The average molecular weight is 267 g/mol. The number of hydrogen-bond donors (Lipinski definition) is 4. The van der Waals surface area contributed by atoms with E-state index in [-0.39, 0.29) is 5.56 Å². The summed E-state index contributed by atoms with van der Waals surface area (Å²) in [6, 6.07) is 5.71. The van der Waals surface area contributed by atoms with E-state index in [1.54, 1.807) is 18.2 Å². The van der Waals surface area contributed by atoms with Gasteiger partial charge in [0.05, 0.1) is 0 Å². The lowest BCUT2D eigenvalue weighted by Gasteiger charge is -2.26. The standard InChI is InChI=1S/C12H13NO6/c1-12(19,11(17)18)8(10(15)16)13-9(14)7-5-3-2-4-6-7/h2-6,8,19H,1H3,(H,13,14)(H,15,16)(H,17,18)/t8-,12+/m0/s1. The number of rotatable bonds is 5. The molecule has 0 aliphatic carbocycles. The van der Waals surface area contributed by atoms with Crippen molar-refractivity contribution in [2.45, 2.75) is 18.6 Å². The maximum Gasteiger partial charge on any atom is 0.338 e. The molecule has 0 spiro atoms. The van der Waals surface area contributed by atoms with E-state index in [0.29, 0.717) is 0 Å². The Hall–Kier alpha value is -2.41. The highest BCUT2D eigenvalue weighted by atomic mass is 16.4. The molecule has 102 valence electrons. The monoisotopic (exact) mass is 267 g/mol. The summed E-state index contributed by atoms with van der Waals surface area (Å²) in [5.41, 5.74) is -2.45. The molecule has 0 aromatic heterocycles. The van der Waals surface area contributed by atoms with Crippen LogP contribution in [0.4, 0.5) is 0 Å². The number of aliphatic hydroxyl groups is 1. The van der Waals surface area contributed by atoms with Crippen molar-refractivity contribution in [3.63, 3.8) is 0 Å². The molecular weight excluding hydrogens is 254 g/mol. The van der Waals surface area contributed by atoms with Crippen LogP contribution in [-0.2, 0) is 9.59 Å². The molecule has 19 heavy (non-hydrogen) atoms. The van der Waals surface area contributed by atoms with Crippen LogP contribution in [0.15, 0.2) is 30.3 Å². The Morgan fingerprint density at radius 1 is 1.16 bits per heavy atom. The predicted molar refractivity (Wildman–Crippen MR) is 63.6 cm³/mol. The summed E-state index contributed by atoms with van der Waals surface area (Å²) in [6.07, 6.45) is 0.